The number of anilines is 1. The predicted octanol–water partition coefficient (Wildman–Crippen LogP) is 2.24. The minimum absolute atomic E-state index is 0.0663. The van der Waals surface area contributed by atoms with E-state index in [0.717, 1.165) is 0 Å². The Kier molecular flexibility index (Phi) is 7.42. The van der Waals surface area contributed by atoms with Crippen LogP contribution in [-0.4, -0.2) is 70.0 Å². The highest BCUT2D eigenvalue weighted by atomic mass is 32.2. The van der Waals surface area contributed by atoms with E-state index >= 15 is 0 Å². The SMILES string of the molecule is COc1cc(NC(=O)CN2CCN(S(=O)(=O)c3ccccc3)CC2)ccc1OC(F)F. The van der Waals surface area contributed by atoms with Crippen LogP contribution in [-0.2, 0) is 14.8 Å². The quantitative estimate of drug-likeness (QED) is 0.657. The summed E-state index contributed by atoms with van der Waals surface area (Å²) in [7, 11) is -2.25. The lowest BCUT2D eigenvalue weighted by Crippen LogP contribution is -2.50. The number of hydrogen-bond acceptors (Lipinski definition) is 6. The third kappa shape index (κ3) is 5.90. The van der Waals surface area contributed by atoms with E-state index in [4.69, 9.17) is 4.74 Å². The summed E-state index contributed by atoms with van der Waals surface area (Å²) < 4.78 is 60.9. The molecule has 0 unspecified atom stereocenters. The van der Waals surface area contributed by atoms with Crippen molar-refractivity contribution in [2.45, 2.75) is 11.5 Å². The van der Waals surface area contributed by atoms with Crippen LogP contribution in [0.15, 0.2) is 53.4 Å². The molecule has 168 valence electrons. The Labute approximate surface area is 179 Å². The number of nitrogens with one attached hydrogen (secondary N) is 1. The fourth-order valence-electron chi connectivity index (χ4n) is 3.21. The molecule has 0 radical (unpaired) electrons. The van der Waals surface area contributed by atoms with Crippen molar-refractivity contribution in [2.75, 3.05) is 45.2 Å². The van der Waals surface area contributed by atoms with E-state index in [1.54, 1.807) is 30.3 Å². The lowest BCUT2D eigenvalue weighted by atomic mass is 10.2. The van der Waals surface area contributed by atoms with E-state index in [1.807, 2.05) is 4.90 Å². The Hall–Kier alpha value is -2.76. The van der Waals surface area contributed by atoms with Crippen LogP contribution in [0.3, 0.4) is 0 Å². The number of alkyl halides is 2. The molecule has 1 aliphatic heterocycles. The maximum Gasteiger partial charge on any atom is 0.387 e. The number of rotatable bonds is 8. The number of benzene rings is 2. The zero-order valence-electron chi connectivity index (χ0n) is 16.8. The first kappa shape index (κ1) is 22.9. The second-order valence-corrected chi connectivity index (χ2v) is 8.72. The predicted molar refractivity (Wildman–Crippen MR) is 110 cm³/mol. The van der Waals surface area contributed by atoms with Crippen molar-refractivity contribution in [2.24, 2.45) is 0 Å². The summed E-state index contributed by atoms with van der Waals surface area (Å²) in [5.74, 6) is -0.381. The first-order chi connectivity index (χ1) is 14.8. The van der Waals surface area contributed by atoms with Gasteiger partial charge in [0, 0.05) is 37.9 Å². The standard InChI is InChI=1S/C20H23F2N3O5S/c1-29-18-13-15(7-8-17(18)30-20(21)22)23-19(26)14-24-9-11-25(12-10-24)31(27,28)16-5-3-2-4-6-16/h2-8,13,20H,9-12,14H2,1H3,(H,23,26). The Morgan fingerprint density at radius 2 is 1.74 bits per heavy atom. The number of hydrogen-bond donors (Lipinski definition) is 1. The molecule has 3 rings (SSSR count). The molecule has 2 aromatic rings. The zero-order chi connectivity index (χ0) is 22.4. The van der Waals surface area contributed by atoms with Gasteiger partial charge >= 0.3 is 6.61 Å². The molecule has 1 saturated heterocycles. The van der Waals surface area contributed by atoms with Gasteiger partial charge in [0.15, 0.2) is 11.5 Å². The van der Waals surface area contributed by atoms with Gasteiger partial charge in [0.25, 0.3) is 0 Å². The summed E-state index contributed by atoms with van der Waals surface area (Å²) in [5, 5.41) is 2.68. The molecule has 0 aliphatic carbocycles. The van der Waals surface area contributed by atoms with Gasteiger partial charge in [0.1, 0.15) is 0 Å². The van der Waals surface area contributed by atoms with E-state index in [-0.39, 0.29) is 41.9 Å². The summed E-state index contributed by atoms with van der Waals surface area (Å²) in [6.45, 7) is -1.56. The summed E-state index contributed by atoms with van der Waals surface area (Å²) in [5.41, 5.74) is 0.369. The van der Waals surface area contributed by atoms with Crippen molar-refractivity contribution in [1.29, 1.82) is 0 Å². The van der Waals surface area contributed by atoms with E-state index in [1.165, 1.54) is 29.6 Å². The summed E-state index contributed by atoms with van der Waals surface area (Å²) in [6.07, 6.45) is 0. The van der Waals surface area contributed by atoms with Gasteiger partial charge in [-0.3, -0.25) is 9.69 Å². The topological polar surface area (TPSA) is 88.2 Å². The Balaban J connectivity index is 1.53. The number of piperazine rings is 1. The van der Waals surface area contributed by atoms with Gasteiger partial charge in [0.2, 0.25) is 15.9 Å². The first-order valence-electron chi connectivity index (χ1n) is 9.50. The smallest absolute Gasteiger partial charge is 0.387 e. The fraction of sp³-hybridized carbons (Fsp3) is 0.350. The lowest BCUT2D eigenvalue weighted by molar-refractivity contribution is -0.117. The second-order valence-electron chi connectivity index (χ2n) is 6.79. The molecule has 0 bridgehead atoms. The largest absolute Gasteiger partial charge is 0.493 e. The van der Waals surface area contributed by atoms with Crippen molar-refractivity contribution < 1.29 is 31.5 Å². The third-order valence-electron chi connectivity index (χ3n) is 4.74. The molecule has 0 atom stereocenters. The van der Waals surface area contributed by atoms with Crippen LogP contribution in [0.2, 0.25) is 0 Å². The van der Waals surface area contributed by atoms with Crippen molar-refractivity contribution in [3.63, 3.8) is 0 Å². The average Bonchev–Trinajstić information content (AvgIpc) is 2.75. The normalized spacial score (nSPS) is 15.6. The van der Waals surface area contributed by atoms with Crippen LogP contribution in [0, 0.1) is 0 Å². The minimum atomic E-state index is -3.56. The Morgan fingerprint density at radius 1 is 1.06 bits per heavy atom. The molecule has 11 heteroatoms. The van der Waals surface area contributed by atoms with Gasteiger partial charge in [-0.1, -0.05) is 18.2 Å². The highest BCUT2D eigenvalue weighted by Crippen LogP contribution is 2.31. The maximum atomic E-state index is 12.7. The summed E-state index contributed by atoms with van der Waals surface area (Å²) in [4.78, 5) is 14.5. The van der Waals surface area contributed by atoms with Gasteiger partial charge in [-0.15, -0.1) is 0 Å². The fourth-order valence-corrected chi connectivity index (χ4v) is 4.66. The lowest BCUT2D eigenvalue weighted by Gasteiger charge is -2.33. The van der Waals surface area contributed by atoms with E-state index in [9.17, 15) is 22.0 Å². The third-order valence-corrected chi connectivity index (χ3v) is 6.66. The van der Waals surface area contributed by atoms with Crippen LogP contribution >= 0.6 is 0 Å². The van der Waals surface area contributed by atoms with Gasteiger partial charge < -0.3 is 14.8 Å². The minimum Gasteiger partial charge on any atom is -0.493 e. The molecule has 0 aromatic heterocycles. The van der Waals surface area contributed by atoms with Crippen molar-refractivity contribution in [1.82, 2.24) is 9.21 Å². The number of amides is 1. The van der Waals surface area contributed by atoms with Crippen LogP contribution < -0.4 is 14.8 Å². The van der Waals surface area contributed by atoms with E-state index in [2.05, 4.69) is 10.1 Å². The Bertz CT molecular complexity index is 997. The molecule has 1 fully saturated rings. The zero-order valence-corrected chi connectivity index (χ0v) is 17.6. The molecular weight excluding hydrogens is 432 g/mol. The molecule has 1 amide bonds. The monoisotopic (exact) mass is 455 g/mol. The van der Waals surface area contributed by atoms with Crippen molar-refractivity contribution in [3.8, 4) is 11.5 Å². The number of carbonyl (C=O) groups is 1. The van der Waals surface area contributed by atoms with Crippen LogP contribution in [0.5, 0.6) is 11.5 Å². The second kappa shape index (κ2) is 10.0. The van der Waals surface area contributed by atoms with Crippen molar-refractivity contribution in [3.05, 3.63) is 48.5 Å². The molecule has 2 aromatic carbocycles. The average molecular weight is 455 g/mol. The number of carbonyl (C=O) groups excluding carboxylic acids is 1. The van der Waals surface area contributed by atoms with Crippen molar-refractivity contribution >= 4 is 21.6 Å². The van der Waals surface area contributed by atoms with Crippen LogP contribution in [0.1, 0.15) is 0 Å². The molecule has 0 spiro atoms. The number of sulfonamides is 1. The van der Waals surface area contributed by atoms with Gasteiger partial charge in [-0.05, 0) is 24.3 Å². The molecule has 1 aliphatic rings. The first-order valence-corrected chi connectivity index (χ1v) is 10.9. The van der Waals surface area contributed by atoms with Gasteiger partial charge in [-0.2, -0.15) is 13.1 Å². The highest BCUT2D eigenvalue weighted by molar-refractivity contribution is 7.89. The van der Waals surface area contributed by atoms with Gasteiger partial charge in [0.05, 0.1) is 18.6 Å². The number of methoxy groups -OCH3 is 1. The van der Waals surface area contributed by atoms with Crippen LogP contribution in [0.25, 0.3) is 0 Å². The number of halogens is 2. The molecule has 8 nitrogen and oxygen atoms in total. The van der Waals surface area contributed by atoms with Crippen LogP contribution in [0.4, 0.5) is 14.5 Å². The number of ether oxygens (including phenoxy) is 2. The molecule has 1 heterocycles. The van der Waals surface area contributed by atoms with E-state index in [0.29, 0.717) is 18.8 Å². The molecule has 31 heavy (non-hydrogen) atoms. The summed E-state index contributed by atoms with van der Waals surface area (Å²) >= 11 is 0. The van der Waals surface area contributed by atoms with E-state index < -0.39 is 16.6 Å². The summed E-state index contributed by atoms with van der Waals surface area (Å²) in [6, 6.07) is 12.3. The maximum absolute atomic E-state index is 12.7. The van der Waals surface area contributed by atoms with Gasteiger partial charge in [-0.25, -0.2) is 8.42 Å². The number of nitrogens with zero attached hydrogens (tertiary/aromatic N) is 2. The Morgan fingerprint density at radius 3 is 2.35 bits per heavy atom. The molecule has 0 saturated carbocycles. The molecular formula is C20H23F2N3O5S. The molecule has 1 N–H and O–H groups in total. The highest BCUT2D eigenvalue weighted by Gasteiger charge is 2.28.